The van der Waals surface area contributed by atoms with Crippen molar-refractivity contribution in [3.8, 4) is 0 Å². The van der Waals surface area contributed by atoms with Gasteiger partial charge < -0.3 is 4.90 Å². The lowest BCUT2D eigenvalue weighted by molar-refractivity contribution is 0.0735. The van der Waals surface area contributed by atoms with Gasteiger partial charge in [0.1, 0.15) is 0 Å². The SMILES string of the molecule is Cc1cc([C@@H]2CCCN2C(=O)c2ccnnc2)ccc1Br. The first-order valence-corrected chi connectivity index (χ1v) is 7.80. The Balaban J connectivity index is 1.88. The van der Waals surface area contributed by atoms with Gasteiger partial charge in [0.15, 0.2) is 0 Å². The lowest BCUT2D eigenvalue weighted by atomic mass is 10.0. The molecule has 5 heteroatoms. The highest BCUT2D eigenvalue weighted by Crippen LogP contribution is 2.34. The molecule has 1 saturated heterocycles. The second-order valence-corrected chi connectivity index (χ2v) is 6.15. The summed E-state index contributed by atoms with van der Waals surface area (Å²) < 4.78 is 1.10. The third-order valence-electron chi connectivity index (χ3n) is 3.91. The number of rotatable bonds is 2. The topological polar surface area (TPSA) is 46.1 Å². The van der Waals surface area contributed by atoms with E-state index >= 15 is 0 Å². The number of carbonyl (C=O) groups excluding carboxylic acids is 1. The van der Waals surface area contributed by atoms with Crippen LogP contribution in [0, 0.1) is 6.92 Å². The highest BCUT2D eigenvalue weighted by molar-refractivity contribution is 9.10. The number of likely N-dealkylation sites (tertiary alicyclic amines) is 1. The first-order valence-electron chi connectivity index (χ1n) is 7.00. The van der Waals surface area contributed by atoms with Crippen molar-refractivity contribution in [2.45, 2.75) is 25.8 Å². The summed E-state index contributed by atoms with van der Waals surface area (Å²) in [4.78, 5) is 14.6. The Morgan fingerprint density at radius 1 is 1.33 bits per heavy atom. The Bertz CT molecular complexity index is 660. The van der Waals surface area contributed by atoms with Crippen molar-refractivity contribution in [3.63, 3.8) is 0 Å². The van der Waals surface area contributed by atoms with E-state index in [-0.39, 0.29) is 11.9 Å². The zero-order valence-electron chi connectivity index (χ0n) is 11.8. The standard InChI is InChI=1S/C16H16BrN3O/c1-11-9-12(4-5-14(11)17)15-3-2-8-20(15)16(21)13-6-7-18-19-10-13/h4-7,9-10,15H,2-3,8H2,1H3/t15-/m0/s1. The molecule has 4 nitrogen and oxygen atoms in total. The maximum absolute atomic E-state index is 12.6. The highest BCUT2D eigenvalue weighted by Gasteiger charge is 2.30. The van der Waals surface area contributed by atoms with Crippen LogP contribution in [-0.2, 0) is 0 Å². The fourth-order valence-corrected chi connectivity index (χ4v) is 3.06. The number of hydrogen-bond donors (Lipinski definition) is 0. The molecule has 3 rings (SSSR count). The van der Waals surface area contributed by atoms with E-state index in [0.29, 0.717) is 5.56 Å². The Kier molecular flexibility index (Phi) is 4.01. The second-order valence-electron chi connectivity index (χ2n) is 5.30. The first-order chi connectivity index (χ1) is 10.2. The number of aromatic nitrogens is 2. The molecule has 1 amide bonds. The number of aryl methyl sites for hydroxylation is 1. The monoisotopic (exact) mass is 345 g/mol. The molecule has 0 bridgehead atoms. The first kappa shape index (κ1) is 14.2. The van der Waals surface area contributed by atoms with Crippen LogP contribution in [0.25, 0.3) is 0 Å². The van der Waals surface area contributed by atoms with Crippen LogP contribution in [0.3, 0.4) is 0 Å². The van der Waals surface area contributed by atoms with Gasteiger partial charge in [-0.25, -0.2) is 0 Å². The van der Waals surface area contributed by atoms with Gasteiger partial charge in [-0.1, -0.05) is 28.1 Å². The van der Waals surface area contributed by atoms with Crippen LogP contribution in [-0.4, -0.2) is 27.5 Å². The van der Waals surface area contributed by atoms with Gasteiger partial charge in [-0.3, -0.25) is 4.79 Å². The zero-order chi connectivity index (χ0) is 14.8. The molecule has 1 aliphatic heterocycles. The van der Waals surface area contributed by atoms with E-state index in [4.69, 9.17) is 0 Å². The number of amides is 1. The van der Waals surface area contributed by atoms with E-state index in [9.17, 15) is 4.79 Å². The predicted octanol–water partition coefficient (Wildman–Crippen LogP) is 3.52. The lowest BCUT2D eigenvalue weighted by Gasteiger charge is -2.25. The summed E-state index contributed by atoms with van der Waals surface area (Å²) in [6.07, 6.45) is 5.13. The number of halogens is 1. The Labute approximate surface area is 132 Å². The van der Waals surface area contributed by atoms with Crippen molar-refractivity contribution in [1.82, 2.24) is 15.1 Å². The molecule has 1 aromatic heterocycles. The number of carbonyl (C=O) groups is 1. The van der Waals surface area contributed by atoms with Gasteiger partial charge in [0, 0.05) is 11.0 Å². The number of hydrogen-bond acceptors (Lipinski definition) is 3. The molecule has 0 saturated carbocycles. The summed E-state index contributed by atoms with van der Waals surface area (Å²) in [6, 6.07) is 8.18. The van der Waals surface area contributed by atoms with Crippen LogP contribution in [0.15, 0.2) is 41.1 Å². The van der Waals surface area contributed by atoms with Gasteiger partial charge in [-0.2, -0.15) is 10.2 Å². The molecule has 108 valence electrons. The van der Waals surface area contributed by atoms with Gasteiger partial charge in [0.25, 0.3) is 5.91 Å². The summed E-state index contributed by atoms with van der Waals surface area (Å²) in [5.41, 5.74) is 2.99. The van der Waals surface area contributed by atoms with E-state index in [1.54, 1.807) is 12.3 Å². The Hall–Kier alpha value is -1.75. The molecule has 1 aromatic carbocycles. The highest BCUT2D eigenvalue weighted by atomic mass is 79.9. The van der Waals surface area contributed by atoms with Crippen LogP contribution in [0.4, 0.5) is 0 Å². The van der Waals surface area contributed by atoms with Crippen molar-refractivity contribution in [2.75, 3.05) is 6.54 Å². The minimum Gasteiger partial charge on any atom is -0.332 e. The Morgan fingerprint density at radius 2 is 2.19 bits per heavy atom. The van der Waals surface area contributed by atoms with Gasteiger partial charge >= 0.3 is 0 Å². The molecule has 1 aliphatic rings. The van der Waals surface area contributed by atoms with E-state index in [1.807, 2.05) is 4.90 Å². The molecule has 1 atom stereocenters. The smallest absolute Gasteiger partial charge is 0.256 e. The average molecular weight is 346 g/mol. The van der Waals surface area contributed by atoms with Gasteiger partial charge in [0.05, 0.1) is 24.0 Å². The third kappa shape index (κ3) is 2.83. The fraction of sp³-hybridized carbons (Fsp3) is 0.312. The molecule has 0 unspecified atom stereocenters. The van der Waals surface area contributed by atoms with E-state index in [1.165, 1.54) is 17.3 Å². The molecule has 21 heavy (non-hydrogen) atoms. The summed E-state index contributed by atoms with van der Waals surface area (Å²) in [6.45, 7) is 2.86. The lowest BCUT2D eigenvalue weighted by Crippen LogP contribution is -2.30. The van der Waals surface area contributed by atoms with Crippen LogP contribution in [0.5, 0.6) is 0 Å². The molecule has 0 spiro atoms. The van der Waals surface area contributed by atoms with E-state index in [0.717, 1.165) is 23.9 Å². The normalized spacial score (nSPS) is 18.0. The molecule has 0 N–H and O–H groups in total. The maximum Gasteiger partial charge on any atom is 0.256 e. The Morgan fingerprint density at radius 3 is 2.90 bits per heavy atom. The molecular weight excluding hydrogens is 330 g/mol. The van der Waals surface area contributed by atoms with Crippen LogP contribution >= 0.6 is 15.9 Å². The molecule has 0 aliphatic carbocycles. The number of nitrogens with zero attached hydrogens (tertiary/aromatic N) is 3. The third-order valence-corrected chi connectivity index (χ3v) is 4.80. The maximum atomic E-state index is 12.6. The molecular formula is C16H16BrN3O. The largest absolute Gasteiger partial charge is 0.332 e. The minimum atomic E-state index is 0.0352. The molecule has 2 heterocycles. The quantitative estimate of drug-likeness (QED) is 0.836. The minimum absolute atomic E-state index is 0.0352. The molecule has 2 aromatic rings. The van der Waals surface area contributed by atoms with Crippen LogP contribution < -0.4 is 0 Å². The van der Waals surface area contributed by atoms with Crippen molar-refractivity contribution in [1.29, 1.82) is 0 Å². The molecule has 1 fully saturated rings. The van der Waals surface area contributed by atoms with Crippen LogP contribution in [0.2, 0.25) is 0 Å². The second kappa shape index (κ2) is 5.93. The number of benzene rings is 1. The van der Waals surface area contributed by atoms with Crippen molar-refractivity contribution in [3.05, 3.63) is 57.8 Å². The average Bonchev–Trinajstić information content (AvgIpc) is 2.99. The van der Waals surface area contributed by atoms with E-state index in [2.05, 4.69) is 51.3 Å². The van der Waals surface area contributed by atoms with Gasteiger partial charge in [-0.05, 0) is 43.0 Å². The fourth-order valence-electron chi connectivity index (χ4n) is 2.81. The molecule has 0 radical (unpaired) electrons. The van der Waals surface area contributed by atoms with Gasteiger partial charge in [0.2, 0.25) is 0 Å². The predicted molar refractivity (Wildman–Crippen MR) is 83.9 cm³/mol. The van der Waals surface area contributed by atoms with Crippen LogP contribution in [0.1, 0.15) is 40.4 Å². The summed E-state index contributed by atoms with van der Waals surface area (Å²) in [7, 11) is 0. The van der Waals surface area contributed by atoms with Crippen molar-refractivity contribution >= 4 is 21.8 Å². The zero-order valence-corrected chi connectivity index (χ0v) is 13.4. The van der Waals surface area contributed by atoms with Crippen molar-refractivity contribution < 1.29 is 4.79 Å². The van der Waals surface area contributed by atoms with E-state index < -0.39 is 0 Å². The summed E-state index contributed by atoms with van der Waals surface area (Å²) in [5.74, 6) is 0.0352. The van der Waals surface area contributed by atoms with Crippen molar-refractivity contribution in [2.24, 2.45) is 0 Å². The van der Waals surface area contributed by atoms with Gasteiger partial charge in [-0.15, -0.1) is 0 Å². The summed E-state index contributed by atoms with van der Waals surface area (Å²) >= 11 is 3.52. The summed E-state index contributed by atoms with van der Waals surface area (Å²) in [5, 5.41) is 7.52.